The molecule has 1 aromatic rings. The van der Waals surface area contributed by atoms with Gasteiger partial charge in [0, 0.05) is 12.3 Å². The zero-order chi connectivity index (χ0) is 9.84. The van der Waals surface area contributed by atoms with Gasteiger partial charge in [0.25, 0.3) is 5.56 Å². The quantitative estimate of drug-likeness (QED) is 0.543. The van der Waals surface area contributed by atoms with E-state index in [1.54, 1.807) is 0 Å². The molecular formula is C7H8N2O3S. The molecule has 0 aliphatic carbocycles. The number of aliphatic carboxylic acids is 1. The van der Waals surface area contributed by atoms with Gasteiger partial charge < -0.3 is 10.1 Å². The van der Waals surface area contributed by atoms with E-state index in [0.717, 1.165) is 11.8 Å². The summed E-state index contributed by atoms with van der Waals surface area (Å²) in [6.45, 7) is 1.53. The largest absolute Gasteiger partial charge is 0.480 e. The summed E-state index contributed by atoms with van der Waals surface area (Å²) in [7, 11) is 0. The third-order valence-electron chi connectivity index (χ3n) is 1.28. The van der Waals surface area contributed by atoms with Crippen molar-refractivity contribution < 1.29 is 9.90 Å². The number of nitrogens with one attached hydrogen (secondary N) is 1. The van der Waals surface area contributed by atoms with Gasteiger partial charge in [-0.3, -0.25) is 9.59 Å². The molecular weight excluding hydrogens is 192 g/mol. The summed E-state index contributed by atoms with van der Waals surface area (Å²) in [6.07, 6.45) is 1.34. The number of hydrogen-bond donors (Lipinski definition) is 2. The molecule has 0 radical (unpaired) electrons. The monoisotopic (exact) mass is 200 g/mol. The first-order valence-electron chi connectivity index (χ1n) is 3.54. The molecule has 1 rings (SSSR count). The van der Waals surface area contributed by atoms with Gasteiger partial charge in [-0.05, 0) is 6.92 Å². The highest BCUT2D eigenvalue weighted by Gasteiger charge is 2.13. The molecule has 1 atom stereocenters. The smallest absolute Gasteiger partial charge is 0.316 e. The Balaban J connectivity index is 2.75. The molecule has 0 amide bonds. The molecule has 5 nitrogen and oxygen atoms in total. The summed E-state index contributed by atoms with van der Waals surface area (Å²) in [5, 5.41) is 8.27. The van der Waals surface area contributed by atoms with Gasteiger partial charge in [-0.1, -0.05) is 11.8 Å². The number of hydrogen-bond acceptors (Lipinski definition) is 4. The molecule has 0 bridgehead atoms. The zero-order valence-corrected chi connectivity index (χ0v) is 7.67. The van der Waals surface area contributed by atoms with E-state index in [9.17, 15) is 9.59 Å². The average Bonchev–Trinajstić information content (AvgIpc) is 2.04. The van der Waals surface area contributed by atoms with Gasteiger partial charge in [-0.25, -0.2) is 4.98 Å². The Labute approximate surface area is 78.2 Å². The molecule has 6 heteroatoms. The highest BCUT2D eigenvalue weighted by Crippen LogP contribution is 2.16. The van der Waals surface area contributed by atoms with Crippen LogP contribution in [0.5, 0.6) is 0 Å². The summed E-state index contributed by atoms with van der Waals surface area (Å²) in [5.74, 6) is -0.934. The Morgan fingerprint density at radius 2 is 2.46 bits per heavy atom. The fourth-order valence-corrected chi connectivity index (χ4v) is 1.35. The molecule has 0 saturated carbocycles. The highest BCUT2D eigenvalue weighted by atomic mass is 32.2. The summed E-state index contributed by atoms with van der Waals surface area (Å²) in [6, 6.07) is 1.27. The first-order valence-corrected chi connectivity index (χ1v) is 4.42. The Morgan fingerprint density at radius 3 is 3.00 bits per heavy atom. The van der Waals surface area contributed by atoms with E-state index in [2.05, 4.69) is 9.97 Å². The van der Waals surface area contributed by atoms with Crippen LogP contribution in [0, 0.1) is 0 Å². The predicted octanol–water partition coefficient (Wildman–Crippen LogP) is 0.335. The van der Waals surface area contributed by atoms with Gasteiger partial charge in [0.15, 0.2) is 5.16 Å². The summed E-state index contributed by atoms with van der Waals surface area (Å²) >= 11 is 1.000. The molecule has 0 aliphatic rings. The molecule has 0 aliphatic heterocycles. The van der Waals surface area contributed by atoms with Crippen LogP contribution in [0.2, 0.25) is 0 Å². The number of carbonyl (C=O) groups is 1. The number of H-pyrrole nitrogens is 1. The summed E-state index contributed by atoms with van der Waals surface area (Å²) in [5.41, 5.74) is -0.282. The van der Waals surface area contributed by atoms with Crippen LogP contribution in [-0.2, 0) is 4.79 Å². The molecule has 0 aromatic carbocycles. The van der Waals surface area contributed by atoms with Gasteiger partial charge in [0.1, 0.15) is 5.25 Å². The first-order chi connectivity index (χ1) is 6.09. The van der Waals surface area contributed by atoms with Crippen LogP contribution < -0.4 is 5.56 Å². The third kappa shape index (κ3) is 2.90. The minimum absolute atomic E-state index is 0.282. The van der Waals surface area contributed by atoms with Crippen molar-refractivity contribution >= 4 is 17.7 Å². The maximum absolute atomic E-state index is 10.8. The van der Waals surface area contributed by atoms with Crippen LogP contribution in [-0.4, -0.2) is 26.3 Å². The molecule has 0 spiro atoms. The Hall–Kier alpha value is -1.30. The van der Waals surface area contributed by atoms with Gasteiger partial charge in [0.2, 0.25) is 0 Å². The first kappa shape index (κ1) is 9.79. The minimum atomic E-state index is -0.934. The fourth-order valence-electron chi connectivity index (χ4n) is 0.630. The van der Waals surface area contributed by atoms with Crippen LogP contribution in [0.15, 0.2) is 22.2 Å². The Bertz CT molecular complexity index is 363. The van der Waals surface area contributed by atoms with Crippen molar-refractivity contribution in [2.24, 2.45) is 0 Å². The minimum Gasteiger partial charge on any atom is -0.480 e. The van der Waals surface area contributed by atoms with Crippen molar-refractivity contribution in [1.29, 1.82) is 0 Å². The number of aromatic nitrogens is 2. The van der Waals surface area contributed by atoms with Crippen molar-refractivity contribution in [3.8, 4) is 0 Å². The second-order valence-electron chi connectivity index (χ2n) is 2.34. The predicted molar refractivity (Wildman–Crippen MR) is 47.8 cm³/mol. The molecule has 2 N–H and O–H groups in total. The van der Waals surface area contributed by atoms with Crippen molar-refractivity contribution in [3.63, 3.8) is 0 Å². The average molecular weight is 200 g/mol. The van der Waals surface area contributed by atoms with Crippen LogP contribution in [0.25, 0.3) is 0 Å². The number of thioether (sulfide) groups is 1. The van der Waals surface area contributed by atoms with E-state index in [1.165, 1.54) is 19.2 Å². The Kier molecular flexibility index (Phi) is 3.07. The molecule has 1 heterocycles. The third-order valence-corrected chi connectivity index (χ3v) is 2.27. The molecule has 0 fully saturated rings. The topological polar surface area (TPSA) is 83.0 Å². The van der Waals surface area contributed by atoms with E-state index in [4.69, 9.17) is 5.11 Å². The van der Waals surface area contributed by atoms with Crippen molar-refractivity contribution in [2.75, 3.05) is 0 Å². The number of aromatic amines is 1. The molecule has 1 aromatic heterocycles. The lowest BCUT2D eigenvalue weighted by Crippen LogP contribution is -2.13. The SMILES string of the molecule is C[C@@H](Sc1nccc(=O)[nH]1)C(=O)O. The number of rotatable bonds is 3. The van der Waals surface area contributed by atoms with Gasteiger partial charge in [-0.2, -0.15) is 0 Å². The maximum atomic E-state index is 10.8. The number of nitrogens with zero attached hydrogens (tertiary/aromatic N) is 1. The molecule has 70 valence electrons. The van der Waals surface area contributed by atoms with Crippen molar-refractivity contribution in [3.05, 3.63) is 22.6 Å². The summed E-state index contributed by atoms with van der Waals surface area (Å²) < 4.78 is 0. The van der Waals surface area contributed by atoms with Crippen molar-refractivity contribution in [2.45, 2.75) is 17.3 Å². The Morgan fingerprint density at radius 1 is 1.77 bits per heavy atom. The summed E-state index contributed by atoms with van der Waals surface area (Å²) in [4.78, 5) is 27.5. The van der Waals surface area contributed by atoms with Gasteiger partial charge in [0.05, 0.1) is 0 Å². The van der Waals surface area contributed by atoms with Gasteiger partial charge in [-0.15, -0.1) is 0 Å². The van der Waals surface area contributed by atoms with E-state index in [-0.39, 0.29) is 5.56 Å². The van der Waals surface area contributed by atoms with Crippen LogP contribution in [0.3, 0.4) is 0 Å². The standard InChI is InChI=1S/C7H8N2O3S/c1-4(6(11)12)13-7-8-3-2-5(10)9-7/h2-4H,1H3,(H,11,12)(H,8,9,10)/t4-/m1/s1. The van der Waals surface area contributed by atoms with E-state index in [1.807, 2.05) is 0 Å². The normalized spacial score (nSPS) is 12.4. The lowest BCUT2D eigenvalue weighted by atomic mass is 10.5. The van der Waals surface area contributed by atoms with E-state index >= 15 is 0 Å². The van der Waals surface area contributed by atoms with Crippen LogP contribution in [0.1, 0.15) is 6.92 Å². The van der Waals surface area contributed by atoms with Crippen LogP contribution >= 0.6 is 11.8 Å². The van der Waals surface area contributed by atoms with E-state index < -0.39 is 11.2 Å². The van der Waals surface area contributed by atoms with Gasteiger partial charge >= 0.3 is 5.97 Å². The molecule has 13 heavy (non-hydrogen) atoms. The fraction of sp³-hybridized carbons (Fsp3) is 0.286. The lowest BCUT2D eigenvalue weighted by molar-refractivity contribution is -0.136. The second kappa shape index (κ2) is 4.08. The molecule has 0 unspecified atom stereocenters. The lowest BCUT2D eigenvalue weighted by Gasteiger charge is -2.03. The van der Waals surface area contributed by atoms with E-state index in [0.29, 0.717) is 5.16 Å². The zero-order valence-electron chi connectivity index (χ0n) is 6.85. The maximum Gasteiger partial charge on any atom is 0.316 e. The van der Waals surface area contributed by atoms with Crippen molar-refractivity contribution in [1.82, 2.24) is 9.97 Å². The number of carboxylic acids is 1. The van der Waals surface area contributed by atoms with Crippen LogP contribution in [0.4, 0.5) is 0 Å². The molecule has 0 saturated heterocycles. The number of carboxylic acid groups (broad SMARTS) is 1. The second-order valence-corrected chi connectivity index (χ2v) is 3.67. The highest BCUT2D eigenvalue weighted by molar-refractivity contribution is 8.00.